The van der Waals surface area contributed by atoms with Crippen LogP contribution >= 0.6 is 0 Å². The van der Waals surface area contributed by atoms with Crippen molar-refractivity contribution in [2.24, 2.45) is 0 Å². The Balaban J connectivity index is 1.61. The van der Waals surface area contributed by atoms with Crippen LogP contribution in [0.1, 0.15) is 47.4 Å². The van der Waals surface area contributed by atoms with Crippen molar-refractivity contribution in [1.82, 2.24) is 14.7 Å². The number of amides is 1. The number of benzene rings is 1. The molecule has 2 aromatic rings. The summed E-state index contributed by atoms with van der Waals surface area (Å²) >= 11 is 0. The number of carbonyl (C=O) groups excluding carboxylic acids is 1. The summed E-state index contributed by atoms with van der Waals surface area (Å²) in [7, 11) is 0. The van der Waals surface area contributed by atoms with Crippen LogP contribution < -0.4 is 4.74 Å². The molecule has 0 spiro atoms. The molecule has 1 aliphatic rings. The molecule has 1 atom stereocenters. The topological polar surface area (TPSA) is 108 Å². The van der Waals surface area contributed by atoms with Crippen molar-refractivity contribution in [3.8, 4) is 11.8 Å². The minimum Gasteiger partial charge on any atom is -0.480 e. The third-order valence-electron chi connectivity index (χ3n) is 5.06. The van der Waals surface area contributed by atoms with Gasteiger partial charge in [0.25, 0.3) is 5.91 Å². The van der Waals surface area contributed by atoms with E-state index in [0.717, 1.165) is 0 Å². The molecule has 28 heavy (non-hydrogen) atoms. The van der Waals surface area contributed by atoms with Crippen LogP contribution in [-0.2, 0) is 4.79 Å². The third kappa shape index (κ3) is 3.83. The fourth-order valence-electron chi connectivity index (χ4n) is 3.49. The lowest BCUT2D eigenvalue weighted by molar-refractivity contribution is -0.139. The van der Waals surface area contributed by atoms with E-state index in [1.807, 2.05) is 0 Å². The summed E-state index contributed by atoms with van der Waals surface area (Å²) in [6.07, 6.45) is 2.05. The number of hydrogen-bond acceptors (Lipinski definition) is 5. The number of rotatable bonds is 5. The van der Waals surface area contributed by atoms with E-state index in [2.05, 4.69) is 11.2 Å². The molecule has 0 aliphatic carbocycles. The molecule has 8 nitrogen and oxygen atoms in total. The quantitative estimate of drug-likeness (QED) is 0.850. The van der Waals surface area contributed by atoms with Crippen molar-refractivity contribution in [2.45, 2.75) is 38.8 Å². The van der Waals surface area contributed by atoms with Crippen LogP contribution in [0.3, 0.4) is 0 Å². The smallest absolute Gasteiger partial charge is 0.339 e. The highest BCUT2D eigenvalue weighted by molar-refractivity contribution is 5.88. The summed E-state index contributed by atoms with van der Waals surface area (Å²) < 4.78 is 7.46. The highest BCUT2D eigenvalue weighted by Gasteiger charge is 2.29. The minimum atomic E-state index is -0.986. The van der Waals surface area contributed by atoms with E-state index < -0.39 is 12.1 Å². The Morgan fingerprint density at radius 3 is 2.61 bits per heavy atom. The van der Waals surface area contributed by atoms with Gasteiger partial charge in [0, 0.05) is 13.1 Å². The number of para-hydroxylation sites is 1. The van der Waals surface area contributed by atoms with E-state index in [9.17, 15) is 14.7 Å². The lowest BCUT2D eigenvalue weighted by atomic mass is 10.0. The molecule has 0 bridgehead atoms. The molecule has 1 aliphatic heterocycles. The van der Waals surface area contributed by atoms with Crippen molar-refractivity contribution >= 4 is 11.9 Å². The molecule has 0 saturated carbocycles. The maximum Gasteiger partial charge on any atom is 0.339 e. The third-order valence-corrected chi connectivity index (χ3v) is 5.06. The second-order valence-electron chi connectivity index (χ2n) is 6.82. The van der Waals surface area contributed by atoms with Crippen LogP contribution in [0.25, 0.3) is 0 Å². The summed E-state index contributed by atoms with van der Waals surface area (Å²) in [6.45, 7) is 4.51. The first kappa shape index (κ1) is 19.4. The van der Waals surface area contributed by atoms with Gasteiger partial charge in [-0.3, -0.25) is 9.48 Å². The van der Waals surface area contributed by atoms with Crippen molar-refractivity contribution in [3.63, 3.8) is 0 Å². The first-order valence-corrected chi connectivity index (χ1v) is 9.14. The molecule has 8 heteroatoms. The molecule has 2 heterocycles. The first-order valence-electron chi connectivity index (χ1n) is 9.14. The predicted molar refractivity (Wildman–Crippen MR) is 100 cm³/mol. The van der Waals surface area contributed by atoms with E-state index in [-0.39, 0.29) is 17.5 Å². The zero-order valence-electron chi connectivity index (χ0n) is 15.8. The average Bonchev–Trinajstić information content (AvgIpc) is 3.09. The highest BCUT2D eigenvalue weighted by atomic mass is 16.5. The van der Waals surface area contributed by atoms with Gasteiger partial charge in [0.15, 0.2) is 6.10 Å². The van der Waals surface area contributed by atoms with Gasteiger partial charge in [0.05, 0.1) is 23.5 Å². The molecular weight excluding hydrogens is 360 g/mol. The van der Waals surface area contributed by atoms with Gasteiger partial charge in [0.1, 0.15) is 17.4 Å². The van der Waals surface area contributed by atoms with Crippen LogP contribution in [0.5, 0.6) is 5.75 Å². The molecule has 1 amide bonds. The maximum atomic E-state index is 12.7. The summed E-state index contributed by atoms with van der Waals surface area (Å²) in [5.41, 5.74) is 1.23. The molecule has 1 aromatic heterocycles. The Hall–Kier alpha value is -3.34. The molecule has 1 aromatic carbocycles. The number of ether oxygens (including phenoxy) is 1. The Morgan fingerprint density at radius 1 is 1.32 bits per heavy atom. The van der Waals surface area contributed by atoms with Crippen LogP contribution in [-0.4, -0.2) is 50.9 Å². The van der Waals surface area contributed by atoms with Gasteiger partial charge in [-0.05, 0) is 38.8 Å². The van der Waals surface area contributed by atoms with E-state index in [1.54, 1.807) is 47.7 Å². The molecule has 3 rings (SSSR count). The number of aromatic carboxylic acids is 1. The van der Waals surface area contributed by atoms with E-state index in [0.29, 0.717) is 42.9 Å². The number of piperidine rings is 1. The van der Waals surface area contributed by atoms with Gasteiger partial charge in [-0.1, -0.05) is 12.1 Å². The summed E-state index contributed by atoms with van der Waals surface area (Å²) in [6, 6.07) is 8.95. The van der Waals surface area contributed by atoms with Crippen LogP contribution in [0, 0.1) is 18.3 Å². The van der Waals surface area contributed by atoms with Crippen molar-refractivity contribution in [3.05, 3.63) is 47.3 Å². The number of nitrogens with zero attached hydrogens (tertiary/aromatic N) is 4. The SMILES string of the molecule is Cc1c(C(=O)O)cnn1C1CCN(C(=O)C(C)Oc2ccccc2C#N)CC1. The predicted octanol–water partition coefficient (Wildman–Crippen LogP) is 2.39. The normalized spacial score (nSPS) is 15.7. The fraction of sp³-hybridized carbons (Fsp3) is 0.400. The molecule has 0 radical (unpaired) electrons. The first-order chi connectivity index (χ1) is 13.4. The van der Waals surface area contributed by atoms with Gasteiger partial charge in [-0.2, -0.15) is 10.4 Å². The van der Waals surface area contributed by atoms with Crippen molar-refractivity contribution < 1.29 is 19.4 Å². The molecule has 1 fully saturated rings. The number of carboxylic acids is 1. The Labute approximate surface area is 162 Å². The molecule has 1 unspecified atom stereocenters. The Bertz CT molecular complexity index is 923. The van der Waals surface area contributed by atoms with Gasteiger partial charge in [-0.15, -0.1) is 0 Å². The molecule has 1 N–H and O–H groups in total. The van der Waals surface area contributed by atoms with Gasteiger partial charge in [-0.25, -0.2) is 4.79 Å². The number of hydrogen-bond donors (Lipinski definition) is 1. The highest BCUT2D eigenvalue weighted by Crippen LogP contribution is 2.26. The minimum absolute atomic E-state index is 0.0627. The summed E-state index contributed by atoms with van der Waals surface area (Å²) in [4.78, 5) is 25.7. The van der Waals surface area contributed by atoms with Crippen molar-refractivity contribution in [1.29, 1.82) is 5.26 Å². The molecule has 146 valence electrons. The van der Waals surface area contributed by atoms with Crippen LogP contribution in [0.4, 0.5) is 0 Å². The Kier molecular flexibility index (Phi) is 5.64. The standard InChI is InChI=1S/C20H22N4O4/c1-13-17(20(26)27)12-22-24(13)16-7-9-23(10-8-16)19(25)14(2)28-18-6-4-3-5-15(18)11-21/h3-6,12,14,16H,7-10H2,1-2H3,(H,26,27). The Morgan fingerprint density at radius 2 is 2.00 bits per heavy atom. The molecule has 1 saturated heterocycles. The van der Waals surface area contributed by atoms with E-state index in [1.165, 1.54) is 6.20 Å². The van der Waals surface area contributed by atoms with Crippen LogP contribution in [0.2, 0.25) is 0 Å². The largest absolute Gasteiger partial charge is 0.480 e. The number of nitriles is 1. The van der Waals surface area contributed by atoms with Gasteiger partial charge in [0.2, 0.25) is 0 Å². The zero-order chi connectivity index (χ0) is 20.3. The van der Waals surface area contributed by atoms with Crippen molar-refractivity contribution in [2.75, 3.05) is 13.1 Å². The number of aromatic nitrogens is 2. The van der Waals surface area contributed by atoms with E-state index >= 15 is 0 Å². The van der Waals surface area contributed by atoms with E-state index in [4.69, 9.17) is 10.00 Å². The van der Waals surface area contributed by atoms with Gasteiger partial charge < -0.3 is 14.7 Å². The fourth-order valence-corrected chi connectivity index (χ4v) is 3.49. The average molecular weight is 382 g/mol. The second-order valence-corrected chi connectivity index (χ2v) is 6.82. The van der Waals surface area contributed by atoms with Crippen LogP contribution in [0.15, 0.2) is 30.5 Å². The second kappa shape index (κ2) is 8.13. The lowest BCUT2D eigenvalue weighted by Crippen LogP contribution is -2.45. The number of likely N-dealkylation sites (tertiary alicyclic amines) is 1. The maximum absolute atomic E-state index is 12.7. The lowest BCUT2D eigenvalue weighted by Gasteiger charge is -2.34. The summed E-state index contributed by atoms with van der Waals surface area (Å²) in [5.74, 6) is -0.719. The zero-order valence-corrected chi connectivity index (χ0v) is 15.8. The molecular formula is C20H22N4O4. The monoisotopic (exact) mass is 382 g/mol. The van der Waals surface area contributed by atoms with Gasteiger partial charge >= 0.3 is 5.97 Å². The number of carbonyl (C=O) groups is 2. The number of carboxylic acid groups (broad SMARTS) is 1. The summed E-state index contributed by atoms with van der Waals surface area (Å²) in [5, 5.41) is 22.5.